The van der Waals surface area contributed by atoms with Crippen molar-refractivity contribution in [2.45, 2.75) is 5.60 Å². The molecule has 8 radical (unpaired) electrons. The van der Waals surface area contributed by atoms with E-state index in [2.05, 4.69) is 9.73 Å². The fourth-order valence-corrected chi connectivity index (χ4v) is 0.505. The quantitative estimate of drug-likeness (QED) is 0.365. The molecule has 0 aliphatic rings. The van der Waals surface area contributed by atoms with E-state index in [-0.39, 0.29) is 13.1 Å². The van der Waals surface area contributed by atoms with E-state index < -0.39 is 11.7 Å². The normalized spacial score (nSPS) is 10.3. The maximum atomic E-state index is 11.0. The Kier molecular flexibility index (Phi) is 4.87. The molecule has 72 valence electrons. The van der Waals surface area contributed by atoms with Gasteiger partial charge in [0.05, 0.1) is 13.6 Å². The topological polar surface area (TPSA) is 59.0 Å². The Bertz CT molecular complexity index is 239. The van der Waals surface area contributed by atoms with Crippen LogP contribution in [-0.2, 0) is 9.53 Å². The van der Waals surface area contributed by atoms with Crippen LogP contribution in [0.1, 0.15) is 0 Å². The first kappa shape index (κ1) is 12.7. The van der Waals surface area contributed by atoms with Crippen LogP contribution in [0, 0.1) is 27.8 Å². The molecule has 5 nitrogen and oxygen atoms in total. The van der Waals surface area contributed by atoms with Crippen molar-refractivity contribution in [3.8, 4) is 0 Å². The van der Waals surface area contributed by atoms with Crippen molar-refractivity contribution in [3.05, 3.63) is 27.8 Å². The van der Waals surface area contributed by atoms with Gasteiger partial charge in [-0.15, -0.1) is 0 Å². The van der Waals surface area contributed by atoms with Crippen molar-refractivity contribution < 1.29 is 14.3 Å². The molecule has 0 spiro atoms. The number of rotatable bonds is 4. The summed E-state index contributed by atoms with van der Waals surface area (Å²) in [4.78, 5) is 24.4. The van der Waals surface area contributed by atoms with Gasteiger partial charge >= 0.3 is 6.09 Å². The van der Waals surface area contributed by atoms with E-state index in [0.29, 0.717) is 4.90 Å². The molecule has 0 heterocycles. The van der Waals surface area contributed by atoms with Crippen molar-refractivity contribution >= 4 is 12.2 Å². The molecule has 0 aromatic carbocycles. The lowest BCUT2D eigenvalue weighted by atomic mass is 10.2. The van der Waals surface area contributed by atoms with Crippen LogP contribution in [0.4, 0.5) is 4.79 Å². The second-order valence-electron chi connectivity index (χ2n) is 2.39. The number of hydrogen-bond acceptors (Lipinski definition) is 4. The summed E-state index contributed by atoms with van der Waals surface area (Å²) in [7, 11) is 5.17. The van der Waals surface area contributed by atoms with Gasteiger partial charge in [0.25, 0.3) is 0 Å². The highest BCUT2D eigenvalue weighted by Gasteiger charge is 2.20. The Morgan fingerprint density at radius 2 is 2.07 bits per heavy atom. The van der Waals surface area contributed by atoms with E-state index in [1.54, 1.807) is 0 Å². The first-order valence-corrected chi connectivity index (χ1v) is 3.52. The predicted molar refractivity (Wildman–Crippen MR) is 46.1 cm³/mol. The summed E-state index contributed by atoms with van der Waals surface area (Å²) in [6.07, 6.45) is 0.262. The third-order valence-electron chi connectivity index (χ3n) is 1.02. The van der Waals surface area contributed by atoms with Crippen molar-refractivity contribution in [2.24, 2.45) is 4.99 Å². The molecule has 0 aliphatic heterocycles. The monoisotopic (exact) mass is 192 g/mol. The van der Waals surface area contributed by atoms with Gasteiger partial charge in [-0.05, 0) is 0 Å². The molecule has 0 atom stereocenters. The van der Waals surface area contributed by atoms with E-state index in [1.807, 2.05) is 0 Å². The molecule has 0 saturated carbocycles. The van der Waals surface area contributed by atoms with Gasteiger partial charge in [0.1, 0.15) is 5.60 Å². The minimum atomic E-state index is -2.08. The van der Waals surface area contributed by atoms with Crippen molar-refractivity contribution in [1.29, 1.82) is 0 Å². The molecule has 0 rings (SSSR count). The number of aliphatic imine (C=N–C) groups is 1. The standard InChI is InChI=1S/C9H8N2O3/c1-9(2,3)14-8(13)11(4)6-5-10-7-12/h1-4H,5-6H2. The molecular formula is C9H8N2O3. The molecule has 0 saturated heterocycles. The van der Waals surface area contributed by atoms with Gasteiger partial charge in [-0.1, -0.05) is 0 Å². The highest BCUT2D eigenvalue weighted by atomic mass is 16.6. The minimum absolute atomic E-state index is 0.00180. The smallest absolute Gasteiger partial charge is 0.410 e. The third kappa shape index (κ3) is 6.20. The zero-order valence-corrected chi connectivity index (χ0v) is 7.34. The molecule has 0 unspecified atom stereocenters. The summed E-state index contributed by atoms with van der Waals surface area (Å²) in [6.45, 7) is 14.9. The van der Waals surface area contributed by atoms with Crippen LogP contribution in [0.3, 0.4) is 0 Å². The number of carbonyl (C=O) groups excluding carboxylic acids is 2. The van der Waals surface area contributed by atoms with Gasteiger partial charge in [0, 0.05) is 27.3 Å². The molecule has 0 N–H and O–H groups in total. The summed E-state index contributed by atoms with van der Waals surface area (Å²) in [5.41, 5.74) is -2.08. The Balaban J connectivity index is 3.94. The number of hydrogen-bond donors (Lipinski definition) is 0. The van der Waals surface area contributed by atoms with Crippen molar-refractivity contribution in [1.82, 2.24) is 4.90 Å². The maximum Gasteiger partial charge on any atom is 0.410 e. The highest BCUT2D eigenvalue weighted by Crippen LogP contribution is 2.07. The number of amides is 1. The predicted octanol–water partition coefficient (Wildman–Crippen LogP) is 0.301. The van der Waals surface area contributed by atoms with E-state index in [9.17, 15) is 9.59 Å². The maximum absolute atomic E-state index is 11.0. The number of carbonyl (C=O) groups is 1. The van der Waals surface area contributed by atoms with E-state index in [1.165, 1.54) is 6.08 Å². The fraction of sp³-hybridized carbons (Fsp3) is 0.333. The Morgan fingerprint density at radius 1 is 1.50 bits per heavy atom. The van der Waals surface area contributed by atoms with E-state index >= 15 is 0 Å². The molecule has 0 aromatic heterocycles. The number of ether oxygens (including phenoxy) is 1. The molecule has 0 bridgehead atoms. The van der Waals surface area contributed by atoms with Crippen molar-refractivity contribution in [2.75, 3.05) is 13.1 Å². The lowest BCUT2D eigenvalue weighted by Crippen LogP contribution is -2.34. The number of isocyanates is 1. The van der Waals surface area contributed by atoms with Gasteiger partial charge in [-0.2, -0.15) is 0 Å². The van der Waals surface area contributed by atoms with Gasteiger partial charge in [0.15, 0.2) is 0 Å². The van der Waals surface area contributed by atoms with Crippen LogP contribution in [-0.4, -0.2) is 35.8 Å². The SMILES string of the molecule is [CH]N(CCN=C=O)C(=O)OC([CH])([CH])[CH]. The van der Waals surface area contributed by atoms with Crippen LogP contribution in [0.2, 0.25) is 0 Å². The molecule has 1 amide bonds. The lowest BCUT2D eigenvalue weighted by molar-refractivity contribution is 0.0755. The van der Waals surface area contributed by atoms with Crippen LogP contribution < -0.4 is 0 Å². The van der Waals surface area contributed by atoms with Gasteiger partial charge < -0.3 is 4.74 Å². The van der Waals surface area contributed by atoms with Crippen LogP contribution >= 0.6 is 0 Å². The molecular weight excluding hydrogens is 184 g/mol. The van der Waals surface area contributed by atoms with Crippen LogP contribution in [0.15, 0.2) is 4.99 Å². The zero-order chi connectivity index (χ0) is 11.2. The lowest BCUT2D eigenvalue weighted by Gasteiger charge is -2.22. The van der Waals surface area contributed by atoms with Crippen molar-refractivity contribution in [3.63, 3.8) is 0 Å². The van der Waals surface area contributed by atoms with Crippen LogP contribution in [0.25, 0.3) is 0 Å². The molecule has 0 aliphatic carbocycles. The molecule has 5 heteroatoms. The molecule has 0 fully saturated rings. The van der Waals surface area contributed by atoms with Gasteiger partial charge in [0.2, 0.25) is 6.08 Å². The summed E-state index contributed by atoms with van der Waals surface area (Å²) in [5.74, 6) is 0. The average Bonchev–Trinajstić information content (AvgIpc) is 2.01. The van der Waals surface area contributed by atoms with Gasteiger partial charge in [-0.3, -0.25) is 4.90 Å². The second kappa shape index (κ2) is 5.40. The summed E-state index contributed by atoms with van der Waals surface area (Å²) < 4.78 is 4.29. The largest absolute Gasteiger partial charge is 0.442 e. The second-order valence-corrected chi connectivity index (χ2v) is 2.39. The first-order chi connectivity index (χ1) is 6.37. The summed E-state index contributed by atoms with van der Waals surface area (Å²) >= 11 is 0. The fourth-order valence-electron chi connectivity index (χ4n) is 0.505. The average molecular weight is 192 g/mol. The van der Waals surface area contributed by atoms with E-state index in [4.69, 9.17) is 27.8 Å². The Morgan fingerprint density at radius 3 is 2.50 bits per heavy atom. The number of nitrogens with zero attached hydrogens (tertiary/aromatic N) is 2. The zero-order valence-electron chi connectivity index (χ0n) is 7.34. The highest BCUT2D eigenvalue weighted by molar-refractivity contribution is 5.68. The molecule has 0 aromatic rings. The molecule has 14 heavy (non-hydrogen) atoms. The van der Waals surface area contributed by atoms with E-state index in [0.717, 1.165) is 0 Å². The van der Waals surface area contributed by atoms with Crippen LogP contribution in [0.5, 0.6) is 0 Å². The summed E-state index contributed by atoms with van der Waals surface area (Å²) in [6, 6.07) is 0. The Labute approximate surface area is 83.8 Å². The third-order valence-corrected chi connectivity index (χ3v) is 1.02. The van der Waals surface area contributed by atoms with Gasteiger partial charge in [-0.25, -0.2) is 14.6 Å². The minimum Gasteiger partial charge on any atom is -0.442 e. The Hall–Kier alpha value is -1.35. The summed E-state index contributed by atoms with van der Waals surface area (Å²) in [5, 5.41) is 0. The first-order valence-electron chi connectivity index (χ1n) is 3.52.